The zero-order valence-electron chi connectivity index (χ0n) is 16.2. The Morgan fingerprint density at radius 1 is 1.21 bits per heavy atom. The average Bonchev–Trinajstić information content (AvgIpc) is 2.64. The Morgan fingerprint density at radius 2 is 1.86 bits per heavy atom. The maximum absolute atomic E-state index is 12.0. The minimum absolute atomic E-state index is 0.0421. The molecule has 156 valence electrons. The van der Waals surface area contributed by atoms with E-state index >= 15 is 0 Å². The highest BCUT2D eigenvalue weighted by Crippen LogP contribution is 2.16. The third-order valence-corrected chi connectivity index (χ3v) is 4.90. The van der Waals surface area contributed by atoms with Gasteiger partial charge in [0.15, 0.2) is 0 Å². The van der Waals surface area contributed by atoms with Crippen molar-refractivity contribution in [1.29, 1.82) is 5.41 Å². The first-order valence-corrected chi connectivity index (χ1v) is 10.3. The number of aliphatic carboxylic acids is 1. The van der Waals surface area contributed by atoms with Gasteiger partial charge < -0.3 is 19.8 Å². The van der Waals surface area contributed by atoms with Crippen LogP contribution in [0.1, 0.15) is 57.9 Å². The molecule has 0 bridgehead atoms. The third kappa shape index (κ3) is 7.87. The second-order valence-corrected chi connectivity index (χ2v) is 7.23. The van der Waals surface area contributed by atoms with Crippen LogP contribution in [0.3, 0.4) is 0 Å². The highest BCUT2D eigenvalue weighted by Gasteiger charge is 2.25. The van der Waals surface area contributed by atoms with Crippen molar-refractivity contribution < 1.29 is 28.2 Å². The lowest BCUT2D eigenvalue weighted by molar-refractivity contribution is -0.141. The average molecular weight is 412 g/mol. The van der Waals surface area contributed by atoms with Gasteiger partial charge in [0, 0.05) is 29.9 Å². The number of benzene rings is 1. The van der Waals surface area contributed by atoms with Gasteiger partial charge in [-0.2, -0.15) is 0 Å². The van der Waals surface area contributed by atoms with Gasteiger partial charge in [0.2, 0.25) is 0 Å². The normalized spacial score (nSPS) is 13.1. The fraction of sp³-hybridized carbons (Fsp3) is 0.526. The van der Waals surface area contributed by atoms with Crippen LogP contribution in [0.25, 0.3) is 0 Å². The summed E-state index contributed by atoms with van der Waals surface area (Å²) in [4.78, 5) is 23.2. The molecule has 8 nitrogen and oxygen atoms in total. The number of nitrogens with one attached hydrogen (secondary N) is 1. The Balaban J connectivity index is 2.55. The zero-order chi connectivity index (χ0) is 21.1. The lowest BCUT2D eigenvalue weighted by Crippen LogP contribution is -2.42. The van der Waals surface area contributed by atoms with E-state index in [2.05, 4.69) is 0 Å². The van der Waals surface area contributed by atoms with Crippen LogP contribution in [0.4, 0.5) is 0 Å². The van der Waals surface area contributed by atoms with Crippen molar-refractivity contribution >= 4 is 28.9 Å². The smallest absolute Gasteiger partial charge is 0.321 e. The van der Waals surface area contributed by atoms with Crippen molar-refractivity contribution in [2.45, 2.75) is 58.4 Å². The first-order valence-electron chi connectivity index (χ1n) is 9.27. The van der Waals surface area contributed by atoms with E-state index in [-0.39, 0.29) is 25.8 Å². The standard InChI is InChI=1S/C19H28N2O6S/c1-3-6-16(20)14-9-11-15(12-10-14)27-18(22)8-5-13-21(28(25)26)17(7-4-2)19(23)24/h9-12,17,20H,3-8,13H2,1-2H3,(H,23,24)(H,25,26)/p-1. The van der Waals surface area contributed by atoms with Crippen LogP contribution in [0.5, 0.6) is 5.75 Å². The predicted octanol–water partition coefficient (Wildman–Crippen LogP) is 2.89. The first-order chi connectivity index (χ1) is 13.3. The van der Waals surface area contributed by atoms with Crippen LogP contribution >= 0.6 is 0 Å². The van der Waals surface area contributed by atoms with Crippen LogP contribution in [-0.2, 0) is 20.9 Å². The molecule has 0 fully saturated rings. The van der Waals surface area contributed by atoms with Crippen molar-refractivity contribution in [2.24, 2.45) is 0 Å². The van der Waals surface area contributed by atoms with Crippen molar-refractivity contribution in [3.63, 3.8) is 0 Å². The second kappa shape index (κ2) is 12.4. The number of hydrogen-bond acceptors (Lipinski definition) is 6. The fourth-order valence-electron chi connectivity index (χ4n) is 2.68. The maximum Gasteiger partial charge on any atom is 0.321 e. The summed E-state index contributed by atoms with van der Waals surface area (Å²) in [6.07, 6.45) is 2.39. The molecule has 0 aliphatic heterocycles. The van der Waals surface area contributed by atoms with Crippen molar-refractivity contribution in [2.75, 3.05) is 6.54 Å². The minimum atomic E-state index is -2.69. The molecule has 0 amide bonds. The second-order valence-electron chi connectivity index (χ2n) is 6.33. The Hall–Kier alpha value is -2.10. The summed E-state index contributed by atoms with van der Waals surface area (Å²) in [6.45, 7) is 3.69. The molecule has 2 atom stereocenters. The van der Waals surface area contributed by atoms with Crippen molar-refractivity contribution in [3.05, 3.63) is 29.8 Å². The molecule has 0 aromatic heterocycles. The van der Waals surface area contributed by atoms with Gasteiger partial charge in [-0.1, -0.05) is 26.7 Å². The van der Waals surface area contributed by atoms with E-state index in [4.69, 9.17) is 10.1 Å². The van der Waals surface area contributed by atoms with E-state index in [1.165, 1.54) is 0 Å². The Bertz CT molecular complexity index is 692. The number of esters is 1. The molecule has 2 N–H and O–H groups in total. The monoisotopic (exact) mass is 411 g/mol. The molecular formula is C19H27N2O6S-. The number of carbonyl (C=O) groups excluding carboxylic acids is 1. The zero-order valence-corrected chi connectivity index (χ0v) is 17.0. The summed E-state index contributed by atoms with van der Waals surface area (Å²) in [5.41, 5.74) is 1.29. The van der Waals surface area contributed by atoms with Crippen LogP contribution in [0.2, 0.25) is 0 Å². The summed E-state index contributed by atoms with van der Waals surface area (Å²) in [5.74, 6) is -1.39. The number of carboxylic acids is 1. The molecule has 0 spiro atoms. The van der Waals surface area contributed by atoms with Gasteiger partial charge in [0.25, 0.3) is 0 Å². The van der Waals surface area contributed by atoms with E-state index in [0.717, 1.165) is 16.3 Å². The number of hydrogen-bond donors (Lipinski definition) is 2. The van der Waals surface area contributed by atoms with E-state index < -0.39 is 29.2 Å². The van der Waals surface area contributed by atoms with Crippen LogP contribution in [-0.4, -0.2) is 48.4 Å². The summed E-state index contributed by atoms with van der Waals surface area (Å²) < 4.78 is 28.8. The van der Waals surface area contributed by atoms with E-state index in [1.807, 2.05) is 6.92 Å². The highest BCUT2D eigenvalue weighted by atomic mass is 32.2. The van der Waals surface area contributed by atoms with Gasteiger partial charge in [0.05, 0.1) is 0 Å². The van der Waals surface area contributed by atoms with E-state index in [1.54, 1.807) is 31.2 Å². The molecule has 28 heavy (non-hydrogen) atoms. The number of nitrogens with zero attached hydrogens (tertiary/aromatic N) is 1. The number of rotatable bonds is 13. The molecular weight excluding hydrogens is 384 g/mol. The van der Waals surface area contributed by atoms with Gasteiger partial charge in [-0.25, -0.2) is 4.31 Å². The maximum atomic E-state index is 12.0. The molecule has 1 aromatic rings. The predicted molar refractivity (Wildman–Crippen MR) is 105 cm³/mol. The third-order valence-electron chi connectivity index (χ3n) is 4.08. The lowest BCUT2D eigenvalue weighted by Gasteiger charge is -2.29. The summed E-state index contributed by atoms with van der Waals surface area (Å²) in [6, 6.07) is 5.51. The molecule has 0 heterocycles. The van der Waals surface area contributed by atoms with Crippen molar-refractivity contribution in [3.8, 4) is 5.75 Å². The summed E-state index contributed by atoms with van der Waals surface area (Å²) >= 11 is -2.69. The molecule has 9 heteroatoms. The van der Waals surface area contributed by atoms with Crippen LogP contribution in [0.15, 0.2) is 24.3 Å². The quantitative estimate of drug-likeness (QED) is 0.222. The van der Waals surface area contributed by atoms with E-state index in [0.29, 0.717) is 24.3 Å². The Labute approximate surface area is 167 Å². The minimum Gasteiger partial charge on any atom is -0.760 e. The van der Waals surface area contributed by atoms with Crippen LogP contribution < -0.4 is 4.74 Å². The molecule has 0 aliphatic carbocycles. The Kier molecular flexibility index (Phi) is 10.6. The number of carboxylic acid groups (broad SMARTS) is 1. The molecule has 0 radical (unpaired) electrons. The van der Waals surface area contributed by atoms with Gasteiger partial charge in [-0.05, 0) is 49.1 Å². The molecule has 0 saturated carbocycles. The van der Waals surface area contributed by atoms with Gasteiger partial charge in [-0.3, -0.25) is 13.8 Å². The molecule has 0 aliphatic rings. The van der Waals surface area contributed by atoms with Gasteiger partial charge in [-0.15, -0.1) is 0 Å². The Morgan fingerprint density at radius 3 is 2.36 bits per heavy atom. The highest BCUT2D eigenvalue weighted by molar-refractivity contribution is 7.76. The number of carbonyl (C=O) groups is 2. The first kappa shape index (κ1) is 23.9. The van der Waals surface area contributed by atoms with E-state index in [9.17, 15) is 23.5 Å². The number of ether oxygens (including phenoxy) is 1. The molecule has 1 aromatic carbocycles. The summed E-state index contributed by atoms with van der Waals surface area (Å²) in [7, 11) is 0. The lowest BCUT2D eigenvalue weighted by atomic mass is 10.1. The topological polar surface area (TPSA) is 131 Å². The van der Waals surface area contributed by atoms with Crippen molar-refractivity contribution in [1.82, 2.24) is 4.31 Å². The largest absolute Gasteiger partial charge is 0.760 e. The molecule has 0 saturated heterocycles. The summed E-state index contributed by atoms with van der Waals surface area (Å²) in [5, 5.41) is 17.1. The van der Waals surface area contributed by atoms with Crippen LogP contribution in [0, 0.1) is 5.41 Å². The van der Waals surface area contributed by atoms with Gasteiger partial charge >= 0.3 is 11.9 Å². The molecule has 1 rings (SSSR count). The fourth-order valence-corrected chi connectivity index (χ4v) is 3.36. The van der Waals surface area contributed by atoms with Gasteiger partial charge in [0.1, 0.15) is 11.8 Å². The SMILES string of the molecule is CCCC(=N)c1ccc(OC(=O)CCCN(C(CCC)C(=O)O)S(=O)[O-])cc1. The molecule has 2 unspecified atom stereocenters.